The number of aryl methyl sites for hydroxylation is 2. The van der Waals surface area contributed by atoms with Crippen molar-refractivity contribution in [2.75, 3.05) is 39.6 Å². The molecule has 2 unspecified atom stereocenters. The molecule has 10 nitrogen and oxygen atoms in total. The summed E-state index contributed by atoms with van der Waals surface area (Å²) in [4.78, 5) is 28.5. The molecule has 0 aliphatic carbocycles. The maximum absolute atomic E-state index is 14.2. The molecule has 4 rings (SSSR count). The Morgan fingerprint density at radius 1 is 0.375 bits per heavy atom. The SMILES string of the molecule is Cc1cc(CC(C(=O)OCCOCCOCCOC(=O)C(Cc2cc(C)c(O)c(C(C)(C)C)c2)c2cc(C(C)(C)C)c(O)c(C(C)(C)C)c2)c2cc(C(C)(C)C)c(O)c(C(C)(C)C)c2)cc(C(C)(C)C)c1O. The van der Waals surface area contributed by atoms with Gasteiger partial charge >= 0.3 is 11.9 Å². The van der Waals surface area contributed by atoms with E-state index in [1.54, 1.807) is 0 Å². The van der Waals surface area contributed by atoms with Gasteiger partial charge in [0.1, 0.15) is 36.2 Å². The van der Waals surface area contributed by atoms with Crippen LogP contribution in [0.1, 0.15) is 203 Å². The summed E-state index contributed by atoms with van der Waals surface area (Å²) in [6.45, 7) is 41.3. The molecule has 4 aromatic carbocycles. The van der Waals surface area contributed by atoms with E-state index in [2.05, 4.69) is 0 Å². The van der Waals surface area contributed by atoms with Crippen LogP contribution in [0.3, 0.4) is 0 Å². The zero-order chi connectivity index (χ0) is 54.7. The Labute approximate surface area is 432 Å². The predicted molar refractivity (Wildman–Crippen MR) is 291 cm³/mol. The van der Waals surface area contributed by atoms with Crippen LogP contribution in [0.2, 0.25) is 0 Å². The van der Waals surface area contributed by atoms with Crippen LogP contribution in [-0.4, -0.2) is 72.0 Å². The first-order valence-electron chi connectivity index (χ1n) is 25.7. The molecule has 0 bridgehead atoms. The van der Waals surface area contributed by atoms with Crippen molar-refractivity contribution in [3.8, 4) is 23.0 Å². The average Bonchev–Trinajstić information content (AvgIpc) is 3.22. The van der Waals surface area contributed by atoms with E-state index in [1.165, 1.54) is 0 Å². The zero-order valence-corrected chi connectivity index (χ0v) is 47.7. The molecule has 0 aromatic heterocycles. The summed E-state index contributed by atoms with van der Waals surface area (Å²) in [5, 5.41) is 45.1. The topological polar surface area (TPSA) is 152 Å². The number of hydrogen-bond donors (Lipinski definition) is 4. The van der Waals surface area contributed by atoms with Crippen LogP contribution >= 0.6 is 0 Å². The summed E-state index contributed by atoms with van der Waals surface area (Å²) < 4.78 is 23.5. The highest BCUT2D eigenvalue weighted by Crippen LogP contribution is 2.45. The van der Waals surface area contributed by atoms with Gasteiger partial charge in [-0.1, -0.05) is 173 Å². The van der Waals surface area contributed by atoms with Crippen LogP contribution in [0.5, 0.6) is 23.0 Å². The first-order valence-corrected chi connectivity index (χ1v) is 25.7. The molecule has 0 aliphatic rings. The summed E-state index contributed by atoms with van der Waals surface area (Å²) in [6, 6.07) is 15.5. The first-order chi connectivity index (χ1) is 32.8. The number of carbonyl (C=O) groups excluding carboxylic acids is 2. The predicted octanol–water partition coefficient (Wildman–Crippen LogP) is 13.4. The van der Waals surface area contributed by atoms with E-state index in [0.29, 0.717) is 12.8 Å². The molecule has 0 fully saturated rings. The van der Waals surface area contributed by atoms with Gasteiger partial charge in [0.25, 0.3) is 0 Å². The van der Waals surface area contributed by atoms with Crippen molar-refractivity contribution in [3.05, 3.63) is 115 Å². The average molecular weight is 995 g/mol. The Kier molecular flexibility index (Phi) is 18.7. The zero-order valence-electron chi connectivity index (χ0n) is 47.7. The standard InChI is InChI=1S/C62H90O10/c1-37-27-39(31-45(51(37)63)57(3,4)5)29-43(41-33-47(59(9,10)11)53(65)48(34-41)60(12,13)14)55(67)71-25-23-69-21-22-70-24-26-72-56(68)44(30-40-28-38(2)52(64)46(32-40)58(6,7)8)42-35-49(61(15,16)17)54(66)50(36-42)62(18,19)20/h27-28,31-36,43-44,63-66H,21-26,29-30H2,1-20H3. The Bertz CT molecular complexity index is 2290. The molecule has 4 N–H and O–H groups in total. The Morgan fingerprint density at radius 2 is 0.611 bits per heavy atom. The van der Waals surface area contributed by atoms with Crippen LogP contribution in [0.4, 0.5) is 0 Å². The van der Waals surface area contributed by atoms with Crippen LogP contribution in [0.25, 0.3) is 0 Å². The van der Waals surface area contributed by atoms with Crippen molar-refractivity contribution in [2.45, 2.75) is 196 Å². The molecular weight excluding hydrogens is 905 g/mol. The minimum atomic E-state index is -0.712. The normalized spacial score (nSPS) is 13.8. The quantitative estimate of drug-likeness (QED) is 0.0594. The van der Waals surface area contributed by atoms with Crippen LogP contribution in [0.15, 0.2) is 48.5 Å². The van der Waals surface area contributed by atoms with E-state index < -0.39 is 45.4 Å². The Balaban J connectivity index is 1.46. The third-order valence-corrected chi connectivity index (χ3v) is 13.4. The largest absolute Gasteiger partial charge is 0.507 e. The molecule has 4 aromatic rings. The van der Waals surface area contributed by atoms with Crippen molar-refractivity contribution in [1.82, 2.24) is 0 Å². The van der Waals surface area contributed by atoms with Gasteiger partial charge in [0.05, 0.1) is 38.3 Å². The number of esters is 2. The molecule has 72 heavy (non-hydrogen) atoms. The highest BCUT2D eigenvalue weighted by Gasteiger charge is 2.34. The molecule has 0 heterocycles. The lowest BCUT2D eigenvalue weighted by Crippen LogP contribution is -2.24. The Hall–Kier alpha value is -5.06. The van der Waals surface area contributed by atoms with Gasteiger partial charge in [-0.2, -0.15) is 0 Å². The van der Waals surface area contributed by atoms with E-state index in [-0.39, 0.29) is 73.5 Å². The summed E-state index contributed by atoms with van der Waals surface area (Å²) in [5.74, 6) is -1.31. The lowest BCUT2D eigenvalue weighted by atomic mass is 9.76. The summed E-state index contributed by atoms with van der Waals surface area (Å²) in [5.41, 5.74) is 7.02. The second kappa shape index (κ2) is 22.6. The minimum absolute atomic E-state index is 0.00936. The van der Waals surface area contributed by atoms with E-state index in [4.69, 9.17) is 18.9 Å². The van der Waals surface area contributed by atoms with Gasteiger partial charge in [0.15, 0.2) is 0 Å². The molecule has 0 spiro atoms. The van der Waals surface area contributed by atoms with Gasteiger partial charge in [-0.05, 0) is 126 Å². The van der Waals surface area contributed by atoms with Crippen molar-refractivity contribution in [1.29, 1.82) is 0 Å². The van der Waals surface area contributed by atoms with Gasteiger partial charge in [-0.15, -0.1) is 0 Å². The number of carbonyl (C=O) groups is 2. The van der Waals surface area contributed by atoms with Gasteiger partial charge in [-0.25, -0.2) is 0 Å². The van der Waals surface area contributed by atoms with E-state index >= 15 is 0 Å². The Morgan fingerprint density at radius 3 is 0.861 bits per heavy atom. The minimum Gasteiger partial charge on any atom is -0.507 e. The van der Waals surface area contributed by atoms with E-state index in [1.807, 2.05) is 187 Å². The third kappa shape index (κ3) is 15.3. The summed E-state index contributed by atoms with van der Waals surface area (Å²) in [7, 11) is 0. The fourth-order valence-electron chi connectivity index (χ4n) is 9.16. The van der Waals surface area contributed by atoms with Crippen molar-refractivity contribution < 1.29 is 49.0 Å². The van der Waals surface area contributed by atoms with Crippen molar-refractivity contribution in [3.63, 3.8) is 0 Å². The summed E-state index contributed by atoms with van der Waals surface area (Å²) >= 11 is 0. The molecular formula is C62H90O10. The molecule has 398 valence electrons. The lowest BCUT2D eigenvalue weighted by molar-refractivity contribution is -0.148. The lowest BCUT2D eigenvalue weighted by Gasteiger charge is -2.30. The number of benzene rings is 4. The third-order valence-electron chi connectivity index (χ3n) is 13.4. The summed E-state index contributed by atoms with van der Waals surface area (Å²) in [6.07, 6.45) is 0.640. The number of phenolic OH excluding ortho intramolecular Hbond substituents is 4. The smallest absolute Gasteiger partial charge is 0.313 e. The second-order valence-corrected chi connectivity index (χ2v) is 26.1. The highest BCUT2D eigenvalue weighted by atomic mass is 16.6. The maximum Gasteiger partial charge on any atom is 0.313 e. The molecule has 2 atom stereocenters. The monoisotopic (exact) mass is 995 g/mol. The number of aromatic hydroxyl groups is 4. The number of ether oxygens (including phenoxy) is 4. The van der Waals surface area contributed by atoms with E-state index in [9.17, 15) is 30.0 Å². The fourth-order valence-corrected chi connectivity index (χ4v) is 9.16. The molecule has 0 amide bonds. The van der Waals surface area contributed by atoms with Gasteiger partial charge in [0, 0.05) is 0 Å². The van der Waals surface area contributed by atoms with Crippen molar-refractivity contribution in [2.24, 2.45) is 0 Å². The number of rotatable bonds is 17. The second-order valence-electron chi connectivity index (χ2n) is 26.1. The van der Waals surface area contributed by atoms with Gasteiger partial charge < -0.3 is 39.4 Å². The maximum atomic E-state index is 14.2. The van der Waals surface area contributed by atoms with Crippen LogP contribution < -0.4 is 0 Å². The molecule has 0 aliphatic heterocycles. The fraction of sp³-hybridized carbons (Fsp3) is 0.581. The molecule has 0 radical (unpaired) electrons. The first kappa shape index (κ1) is 59.5. The van der Waals surface area contributed by atoms with E-state index in [0.717, 1.165) is 66.8 Å². The number of hydrogen-bond acceptors (Lipinski definition) is 10. The van der Waals surface area contributed by atoms with Crippen LogP contribution in [0, 0.1) is 13.8 Å². The van der Waals surface area contributed by atoms with Crippen molar-refractivity contribution >= 4 is 11.9 Å². The highest BCUT2D eigenvalue weighted by molar-refractivity contribution is 5.80. The molecule has 0 saturated carbocycles. The van der Waals surface area contributed by atoms with Gasteiger partial charge in [0.2, 0.25) is 0 Å². The van der Waals surface area contributed by atoms with Gasteiger partial charge in [-0.3, -0.25) is 9.59 Å². The van der Waals surface area contributed by atoms with Crippen LogP contribution in [-0.2, 0) is 73.9 Å². The molecule has 0 saturated heterocycles. The number of phenols is 4. The molecule has 10 heteroatoms.